The zero-order valence-corrected chi connectivity index (χ0v) is 85.0. The molecule has 20 heteroatoms. The summed E-state index contributed by atoms with van der Waals surface area (Å²) in [6.07, 6.45) is 48.8. The van der Waals surface area contributed by atoms with Crippen molar-refractivity contribution < 1.29 is 57.1 Å². The lowest BCUT2D eigenvalue weighted by molar-refractivity contribution is 0.224. The third-order valence-electron chi connectivity index (χ3n) is 26.5. The van der Waals surface area contributed by atoms with Gasteiger partial charge in [0.25, 0.3) is 0 Å². The minimum Gasteiger partial charge on any atom is -0.496 e. The molecule has 0 heterocycles. The van der Waals surface area contributed by atoms with Crippen molar-refractivity contribution in [1.29, 1.82) is 0 Å². The van der Waals surface area contributed by atoms with E-state index < -0.39 is 24.1 Å². The fraction of sp³-hybridized carbons (Fsp3) is 0.552. The van der Waals surface area contributed by atoms with Gasteiger partial charge in [-0.05, 0) is 221 Å². The Balaban J connectivity index is 1.10. The molecule has 1 aliphatic carbocycles. The lowest BCUT2D eigenvalue weighted by atomic mass is 9.90. The molecule has 1 aliphatic rings. The summed E-state index contributed by atoms with van der Waals surface area (Å²) in [5.74, 6) is 6.91. The second-order valence-corrected chi connectivity index (χ2v) is 37.9. The fourth-order valence-corrected chi connectivity index (χ4v) is 18.9. The minimum absolute atomic E-state index is 0.145. The van der Waals surface area contributed by atoms with Gasteiger partial charge in [-0.1, -0.05) is 261 Å². The Morgan fingerprint density at radius 2 is 0.360 bits per heavy atom. The Morgan fingerprint density at radius 1 is 0.213 bits per heavy atom. The van der Waals surface area contributed by atoms with Gasteiger partial charge >= 0.3 is 24.1 Å². The predicted octanol–water partition coefficient (Wildman–Crippen LogP) is 32.7. The molecule has 8 aromatic rings. The largest absolute Gasteiger partial charge is 0.496 e. The first-order valence-electron chi connectivity index (χ1n) is 52.5. The van der Waals surface area contributed by atoms with Crippen molar-refractivity contribution in [3.63, 3.8) is 0 Å². The molecule has 0 saturated heterocycles. The molecule has 8 N–H and O–H groups in total. The molecule has 0 radical (unpaired) electrons. The van der Waals surface area contributed by atoms with E-state index in [0.29, 0.717) is 163 Å². The maximum atomic E-state index is 14.7. The summed E-state index contributed by atoms with van der Waals surface area (Å²) in [6.45, 7) is 20.6. The van der Waals surface area contributed by atoms with Gasteiger partial charge in [0.15, 0.2) is 0 Å². The number of amides is 8. The molecule has 9 rings (SSSR count). The highest BCUT2D eigenvalue weighted by atomic mass is 16.5. The number of anilines is 8. The second-order valence-electron chi connectivity index (χ2n) is 37.9. The van der Waals surface area contributed by atoms with Crippen molar-refractivity contribution in [3.05, 3.63) is 190 Å². The van der Waals surface area contributed by atoms with Crippen LogP contribution >= 0.6 is 0 Å². The lowest BCUT2D eigenvalue weighted by Gasteiger charge is -2.23. The van der Waals surface area contributed by atoms with Gasteiger partial charge in [0.1, 0.15) is 46.0 Å². The number of methoxy groups -OCH3 is 4. The van der Waals surface area contributed by atoms with Gasteiger partial charge in [0.2, 0.25) is 0 Å². The maximum Gasteiger partial charge on any atom is 0.323 e. The van der Waals surface area contributed by atoms with E-state index in [1.807, 2.05) is 146 Å². The van der Waals surface area contributed by atoms with Crippen LogP contribution in [0.4, 0.5) is 64.7 Å². The van der Waals surface area contributed by atoms with Crippen molar-refractivity contribution in [2.75, 3.05) is 97.4 Å². The Kier molecular flexibility index (Phi) is 50.3. The van der Waals surface area contributed by atoms with Crippen LogP contribution in [0, 0.1) is 23.7 Å². The highest BCUT2D eigenvalue weighted by molar-refractivity contribution is 6.02. The molecule has 0 spiro atoms. The Hall–Kier alpha value is -10.8. The molecule has 8 amide bonds. The van der Waals surface area contributed by atoms with Crippen LogP contribution < -0.4 is 80.4 Å². The van der Waals surface area contributed by atoms with Crippen LogP contribution in [0.15, 0.2) is 146 Å². The monoisotopic (exact) mass is 1870 g/mol. The third-order valence-corrected chi connectivity index (χ3v) is 26.5. The van der Waals surface area contributed by atoms with E-state index in [0.717, 1.165) is 74.4 Å². The lowest BCUT2D eigenvalue weighted by Crippen LogP contribution is -2.20. The summed E-state index contributed by atoms with van der Waals surface area (Å²) < 4.78 is 52.3. The molecule has 0 aliphatic heterocycles. The number of nitrogens with one attached hydrogen (secondary N) is 8. The first kappa shape index (κ1) is 109. The van der Waals surface area contributed by atoms with E-state index in [4.69, 9.17) is 37.9 Å². The zero-order valence-electron chi connectivity index (χ0n) is 85.0. The van der Waals surface area contributed by atoms with Crippen LogP contribution in [0.1, 0.15) is 357 Å². The zero-order chi connectivity index (χ0) is 96.7. The Labute approximate surface area is 817 Å². The van der Waals surface area contributed by atoms with E-state index in [-0.39, 0.29) is 25.7 Å². The van der Waals surface area contributed by atoms with Crippen LogP contribution in [-0.4, -0.2) is 79.0 Å². The van der Waals surface area contributed by atoms with Gasteiger partial charge in [0, 0.05) is 116 Å². The average Bonchev–Trinajstić information content (AvgIpc) is 0.769. The third kappa shape index (κ3) is 39.0. The summed E-state index contributed by atoms with van der Waals surface area (Å²) in [7, 11) is 6.52. The van der Waals surface area contributed by atoms with Gasteiger partial charge < -0.3 is 80.4 Å². The molecule has 744 valence electrons. The van der Waals surface area contributed by atoms with Crippen LogP contribution in [0.25, 0.3) is 0 Å². The summed E-state index contributed by atoms with van der Waals surface area (Å²) in [5, 5.41) is 25.2. The highest BCUT2D eigenvalue weighted by Gasteiger charge is 2.27. The van der Waals surface area contributed by atoms with Crippen molar-refractivity contribution in [1.82, 2.24) is 0 Å². The molecule has 0 atom stereocenters. The van der Waals surface area contributed by atoms with E-state index in [1.165, 1.54) is 205 Å². The number of fused-ring (bicyclic) bond motifs is 8. The summed E-state index contributed by atoms with van der Waals surface area (Å²) in [5.41, 5.74) is 9.38. The van der Waals surface area contributed by atoms with Gasteiger partial charge in [-0.3, -0.25) is 0 Å². The number of ether oxygens (including phenoxy) is 8. The van der Waals surface area contributed by atoms with E-state index in [1.54, 1.807) is 28.4 Å². The number of rotatable bonds is 64. The number of urea groups is 4. The van der Waals surface area contributed by atoms with Crippen LogP contribution in [0.2, 0.25) is 0 Å². The molecule has 0 unspecified atom stereocenters. The molecular formula is C116H168N8O12. The Bertz CT molecular complexity index is 4030. The molecule has 8 aromatic carbocycles. The molecular weight excluding hydrogens is 1700 g/mol. The molecule has 0 saturated carbocycles. The van der Waals surface area contributed by atoms with Crippen molar-refractivity contribution >= 4 is 69.6 Å². The molecule has 0 aromatic heterocycles. The van der Waals surface area contributed by atoms with Crippen LogP contribution in [-0.2, 0) is 25.7 Å². The first-order chi connectivity index (χ1) is 66.5. The molecule has 0 fully saturated rings. The first-order valence-corrected chi connectivity index (χ1v) is 52.5. The standard InChI is InChI=1S/C116H168N8O12/c1-13-21-29-37-45-85(46-38-30-22-14-2)81-133-105-61-53-97(54-62-105)117-113(125)121-101-73-89-69-91-75-102(122-114(126)118-98-55-63-106(64-56-98)134-82-86(47-39-31-23-15-3)48-40-32-24-16-4)77-93(110(91)130-10)71-95-79-104(124-116(128)120-100-59-67-108(68-60-100)136-84-88(51-43-35-27-19-7)52-44-36-28-20-8)80-96(112(95)132-12)72-94-78-103(76-92(111(94)131-11)70-90(74-101)109(89)129-9)123-115(127)119-99-57-65-107(66-58-99)135-83-87(49-41-33-25-17-5)50-42-34-26-18-6/h53-68,73-80,85-88H,13-52,69-72,81-84H2,1-12H3,(H2,117,121,125)(H2,118,122,126)(H2,119,123,127)(H2,120,124,128). The average molecular weight is 1870 g/mol. The summed E-state index contributed by atoms with van der Waals surface area (Å²) >= 11 is 0. The minimum atomic E-state index is -0.485. The molecule has 136 heavy (non-hydrogen) atoms. The number of carbonyl (C=O) groups excluding carboxylic acids is 4. The molecule has 8 bridgehead atoms. The van der Waals surface area contributed by atoms with E-state index >= 15 is 0 Å². The quantitative estimate of drug-likeness (QED) is 0.0166. The highest BCUT2D eigenvalue weighted by Crippen LogP contribution is 2.44. The van der Waals surface area contributed by atoms with Gasteiger partial charge in [-0.2, -0.15) is 0 Å². The van der Waals surface area contributed by atoms with Crippen molar-refractivity contribution in [2.45, 2.75) is 338 Å². The number of unbranched alkanes of at least 4 members (excludes halogenated alkanes) is 24. The van der Waals surface area contributed by atoms with Gasteiger partial charge in [0.05, 0.1) is 54.9 Å². The normalized spacial score (nSPS) is 11.8. The van der Waals surface area contributed by atoms with E-state index in [2.05, 4.69) is 97.9 Å². The number of benzene rings is 8. The SMILES string of the molecule is CCCCCCC(CCCCCC)COc1ccc(NC(=O)Nc2cc3c(OC)c(c2)Cc2cc(NC(=O)Nc4ccc(OCC(CCCCCC)CCCCCC)cc4)cc(c2OC)Cc2cc(NC(=O)Nc4ccc(OCC(CCCCCC)CCCCCC)cc4)cc(c2OC)Cc2cc(NC(=O)Nc4ccc(OCC(CCCCCC)CCCCCC)cc4)cc(c2OC)C3)cc1. The number of hydrogen-bond acceptors (Lipinski definition) is 12. The van der Waals surface area contributed by atoms with Crippen LogP contribution in [0.3, 0.4) is 0 Å². The van der Waals surface area contributed by atoms with Gasteiger partial charge in [-0.15, -0.1) is 0 Å². The Morgan fingerprint density at radius 3 is 0.500 bits per heavy atom. The smallest absolute Gasteiger partial charge is 0.323 e. The van der Waals surface area contributed by atoms with E-state index in [9.17, 15) is 19.2 Å². The number of carbonyl (C=O) groups is 4. The van der Waals surface area contributed by atoms with Crippen LogP contribution in [0.5, 0.6) is 46.0 Å². The van der Waals surface area contributed by atoms with Crippen molar-refractivity contribution in [3.8, 4) is 46.0 Å². The van der Waals surface area contributed by atoms with Gasteiger partial charge in [-0.25, -0.2) is 19.2 Å². The summed E-state index contributed by atoms with van der Waals surface area (Å²) in [6, 6.07) is 43.4. The summed E-state index contributed by atoms with van der Waals surface area (Å²) in [4.78, 5) is 58.9. The fourth-order valence-electron chi connectivity index (χ4n) is 18.9. The van der Waals surface area contributed by atoms with Crippen molar-refractivity contribution in [2.24, 2.45) is 23.7 Å². The second kappa shape index (κ2) is 62.9. The predicted molar refractivity (Wildman–Crippen MR) is 566 cm³/mol. The maximum absolute atomic E-state index is 14.7. The topological polar surface area (TPSA) is 238 Å². The molecule has 20 nitrogen and oxygen atoms in total. The number of hydrogen-bond donors (Lipinski definition) is 8.